The number of carbonyl (C=O) groups is 3. The predicted octanol–water partition coefficient (Wildman–Crippen LogP) is 3.13. The molecule has 1 unspecified atom stereocenters. The lowest BCUT2D eigenvalue weighted by atomic mass is 10.00. The first-order chi connectivity index (χ1) is 16.9. The van der Waals surface area contributed by atoms with E-state index in [0.717, 1.165) is 49.2 Å². The van der Waals surface area contributed by atoms with Gasteiger partial charge in [0.25, 0.3) is 5.91 Å². The van der Waals surface area contributed by atoms with E-state index in [1.807, 2.05) is 50.2 Å². The molecule has 0 aliphatic carbocycles. The number of hydrogen-bond donors (Lipinski definition) is 2. The lowest BCUT2D eigenvalue weighted by Gasteiger charge is -2.33. The Morgan fingerprint density at radius 3 is 2.66 bits per heavy atom. The third kappa shape index (κ3) is 7.18. The van der Waals surface area contributed by atoms with Crippen LogP contribution in [-0.2, 0) is 20.9 Å². The van der Waals surface area contributed by atoms with Gasteiger partial charge < -0.3 is 24.8 Å². The molecule has 8 heteroatoms. The Hall–Kier alpha value is -3.13. The molecular weight excluding hydrogens is 444 g/mol. The molecule has 3 amide bonds. The van der Waals surface area contributed by atoms with Gasteiger partial charge in [0.15, 0.2) is 0 Å². The SMILES string of the molecule is COCCCn1c(C)cc(C(=O)NCC(=O)N2CCCCCNC(=O)CC2c2ccccc2)c1C. The van der Waals surface area contributed by atoms with E-state index < -0.39 is 0 Å². The average molecular weight is 483 g/mol. The van der Waals surface area contributed by atoms with Crippen molar-refractivity contribution in [2.24, 2.45) is 0 Å². The highest BCUT2D eigenvalue weighted by molar-refractivity contribution is 5.97. The predicted molar refractivity (Wildman–Crippen MR) is 135 cm³/mol. The number of aromatic nitrogens is 1. The zero-order valence-electron chi connectivity index (χ0n) is 21.1. The Balaban J connectivity index is 1.72. The number of ether oxygens (including phenoxy) is 1. The monoisotopic (exact) mass is 482 g/mol. The van der Waals surface area contributed by atoms with Crippen molar-refractivity contribution in [1.82, 2.24) is 20.1 Å². The fourth-order valence-electron chi connectivity index (χ4n) is 4.69. The summed E-state index contributed by atoms with van der Waals surface area (Å²) in [5, 5.41) is 5.78. The van der Waals surface area contributed by atoms with Crippen LogP contribution in [0.15, 0.2) is 36.4 Å². The van der Waals surface area contributed by atoms with Crippen LogP contribution in [-0.4, -0.2) is 60.5 Å². The van der Waals surface area contributed by atoms with Gasteiger partial charge in [0.05, 0.1) is 24.6 Å². The first-order valence-corrected chi connectivity index (χ1v) is 12.5. The van der Waals surface area contributed by atoms with Crippen LogP contribution in [0.1, 0.15) is 65.5 Å². The first kappa shape index (κ1) is 26.5. The van der Waals surface area contributed by atoms with Crippen molar-refractivity contribution in [1.29, 1.82) is 0 Å². The molecule has 35 heavy (non-hydrogen) atoms. The quantitative estimate of drug-likeness (QED) is 0.566. The third-order valence-corrected chi connectivity index (χ3v) is 6.61. The number of benzene rings is 1. The van der Waals surface area contributed by atoms with Crippen LogP contribution >= 0.6 is 0 Å². The van der Waals surface area contributed by atoms with Gasteiger partial charge >= 0.3 is 0 Å². The van der Waals surface area contributed by atoms with E-state index in [1.54, 1.807) is 12.0 Å². The van der Waals surface area contributed by atoms with E-state index in [9.17, 15) is 14.4 Å². The van der Waals surface area contributed by atoms with Gasteiger partial charge in [-0.05, 0) is 51.2 Å². The lowest BCUT2D eigenvalue weighted by Crippen LogP contribution is -2.44. The molecule has 1 aliphatic rings. The van der Waals surface area contributed by atoms with Crippen molar-refractivity contribution in [3.63, 3.8) is 0 Å². The number of nitrogens with zero attached hydrogens (tertiary/aromatic N) is 2. The van der Waals surface area contributed by atoms with Crippen LogP contribution in [0.25, 0.3) is 0 Å². The normalized spacial score (nSPS) is 17.1. The van der Waals surface area contributed by atoms with Crippen LogP contribution < -0.4 is 10.6 Å². The first-order valence-electron chi connectivity index (χ1n) is 12.5. The number of nitrogens with one attached hydrogen (secondary N) is 2. The number of amides is 3. The number of carbonyl (C=O) groups excluding carboxylic acids is 3. The summed E-state index contributed by atoms with van der Waals surface area (Å²) in [7, 11) is 1.68. The van der Waals surface area contributed by atoms with Crippen LogP contribution in [0.5, 0.6) is 0 Å². The molecule has 2 N–H and O–H groups in total. The highest BCUT2D eigenvalue weighted by atomic mass is 16.5. The highest BCUT2D eigenvalue weighted by Crippen LogP contribution is 2.26. The summed E-state index contributed by atoms with van der Waals surface area (Å²) in [6.07, 6.45) is 3.72. The maximum absolute atomic E-state index is 13.4. The summed E-state index contributed by atoms with van der Waals surface area (Å²) < 4.78 is 7.24. The zero-order chi connectivity index (χ0) is 25.2. The molecule has 0 saturated carbocycles. The Morgan fingerprint density at radius 2 is 1.91 bits per heavy atom. The molecule has 1 saturated heterocycles. The topological polar surface area (TPSA) is 92.7 Å². The summed E-state index contributed by atoms with van der Waals surface area (Å²) in [6.45, 7) is 6.42. The van der Waals surface area contributed by atoms with E-state index in [2.05, 4.69) is 15.2 Å². The fourth-order valence-corrected chi connectivity index (χ4v) is 4.69. The Morgan fingerprint density at radius 1 is 1.14 bits per heavy atom. The minimum Gasteiger partial charge on any atom is -0.385 e. The van der Waals surface area contributed by atoms with Crippen molar-refractivity contribution in [2.45, 2.75) is 58.5 Å². The molecule has 0 radical (unpaired) electrons. The molecule has 8 nitrogen and oxygen atoms in total. The van der Waals surface area contributed by atoms with Crippen LogP contribution in [0.2, 0.25) is 0 Å². The maximum atomic E-state index is 13.4. The smallest absolute Gasteiger partial charge is 0.253 e. The number of hydrogen-bond acceptors (Lipinski definition) is 4. The molecule has 2 heterocycles. The van der Waals surface area contributed by atoms with E-state index >= 15 is 0 Å². The minimum absolute atomic E-state index is 0.0662. The largest absolute Gasteiger partial charge is 0.385 e. The third-order valence-electron chi connectivity index (χ3n) is 6.61. The molecule has 0 bridgehead atoms. The number of rotatable bonds is 8. The molecule has 0 spiro atoms. The maximum Gasteiger partial charge on any atom is 0.253 e. The van der Waals surface area contributed by atoms with Crippen molar-refractivity contribution in [3.8, 4) is 0 Å². The summed E-state index contributed by atoms with van der Waals surface area (Å²) in [5.74, 6) is -0.516. The van der Waals surface area contributed by atoms with Gasteiger partial charge in [-0.3, -0.25) is 14.4 Å². The number of aryl methyl sites for hydroxylation is 1. The second-order valence-electron chi connectivity index (χ2n) is 9.09. The van der Waals surface area contributed by atoms with Gasteiger partial charge in [-0.25, -0.2) is 0 Å². The van der Waals surface area contributed by atoms with E-state index in [1.165, 1.54) is 0 Å². The Labute approximate surface area is 208 Å². The molecule has 2 aromatic rings. The van der Waals surface area contributed by atoms with Crippen LogP contribution in [0, 0.1) is 13.8 Å². The lowest BCUT2D eigenvalue weighted by molar-refractivity contribution is -0.134. The van der Waals surface area contributed by atoms with Crippen molar-refractivity contribution in [2.75, 3.05) is 33.4 Å². The molecule has 1 atom stereocenters. The zero-order valence-corrected chi connectivity index (χ0v) is 21.1. The standard InChI is InChI=1S/C27H38N4O4/c1-20-17-23(21(2)30(20)15-10-16-35-3)27(34)29-19-26(33)31-14-9-5-8-13-28-25(32)18-24(31)22-11-6-4-7-12-22/h4,6-7,11-12,17,24H,5,8-10,13-16,18-19H2,1-3H3,(H,28,32)(H,29,34). The van der Waals surface area contributed by atoms with Gasteiger partial charge in [-0.1, -0.05) is 30.3 Å². The second-order valence-corrected chi connectivity index (χ2v) is 9.09. The molecule has 1 fully saturated rings. The van der Waals surface area contributed by atoms with Gasteiger partial charge in [0.1, 0.15) is 0 Å². The number of methoxy groups -OCH3 is 1. The van der Waals surface area contributed by atoms with Gasteiger partial charge in [0.2, 0.25) is 11.8 Å². The minimum atomic E-state index is -0.371. The van der Waals surface area contributed by atoms with Gasteiger partial charge in [0, 0.05) is 44.7 Å². The second kappa shape index (κ2) is 13.1. The Bertz CT molecular complexity index is 1000. The van der Waals surface area contributed by atoms with Crippen LogP contribution in [0.4, 0.5) is 0 Å². The summed E-state index contributed by atoms with van der Waals surface area (Å²) >= 11 is 0. The molecular formula is C27H38N4O4. The van der Waals surface area contributed by atoms with E-state index in [-0.39, 0.29) is 36.7 Å². The molecule has 1 aromatic heterocycles. The van der Waals surface area contributed by atoms with Gasteiger partial charge in [-0.15, -0.1) is 0 Å². The summed E-state index contributed by atoms with van der Waals surface area (Å²) in [5.41, 5.74) is 3.37. The van der Waals surface area contributed by atoms with Crippen molar-refractivity contribution >= 4 is 17.7 Å². The Kier molecular flexibility index (Phi) is 9.90. The van der Waals surface area contributed by atoms with Crippen molar-refractivity contribution in [3.05, 3.63) is 58.9 Å². The van der Waals surface area contributed by atoms with Crippen LogP contribution in [0.3, 0.4) is 0 Å². The summed E-state index contributed by atoms with van der Waals surface area (Å²) in [4.78, 5) is 40.7. The van der Waals surface area contributed by atoms with Gasteiger partial charge in [-0.2, -0.15) is 0 Å². The summed E-state index contributed by atoms with van der Waals surface area (Å²) in [6, 6.07) is 11.1. The molecule has 1 aliphatic heterocycles. The average Bonchev–Trinajstić information content (AvgIpc) is 3.15. The molecule has 1 aromatic carbocycles. The van der Waals surface area contributed by atoms with E-state index in [4.69, 9.17) is 4.74 Å². The van der Waals surface area contributed by atoms with Crippen molar-refractivity contribution < 1.29 is 19.1 Å². The molecule has 3 rings (SSSR count). The highest BCUT2D eigenvalue weighted by Gasteiger charge is 2.28. The molecule has 190 valence electrons. The van der Waals surface area contributed by atoms with E-state index in [0.29, 0.717) is 25.3 Å². The fraction of sp³-hybridized carbons (Fsp3) is 0.519.